The highest BCUT2D eigenvalue weighted by molar-refractivity contribution is 5.75. The van der Waals surface area contributed by atoms with Gasteiger partial charge in [-0.05, 0) is 25.8 Å². The molecule has 0 unspecified atom stereocenters. The summed E-state index contributed by atoms with van der Waals surface area (Å²) in [4.78, 5) is 10.7. The first kappa shape index (κ1) is 20.2. The first-order valence-electron chi connectivity index (χ1n) is 7.60. The van der Waals surface area contributed by atoms with E-state index in [1.54, 1.807) is 24.3 Å². The van der Waals surface area contributed by atoms with Gasteiger partial charge in [0.25, 0.3) is 0 Å². The maximum atomic E-state index is 10.7. The molecule has 0 fully saturated rings. The lowest BCUT2D eigenvalue weighted by atomic mass is 10.1. The Hall–Kier alpha value is -1.81. The predicted octanol–water partition coefficient (Wildman–Crippen LogP) is 2.63. The van der Waals surface area contributed by atoms with E-state index in [-0.39, 0.29) is 5.78 Å². The SMILES string of the molecule is CC(=O)CCC[C@H](O)C#C/C=C/C=C/[C@H](O)CC#CC(C)C. The monoisotopic (exact) mass is 302 g/mol. The van der Waals surface area contributed by atoms with E-state index < -0.39 is 12.2 Å². The van der Waals surface area contributed by atoms with E-state index in [0.717, 1.165) is 0 Å². The molecule has 0 aliphatic rings. The molecule has 22 heavy (non-hydrogen) atoms. The van der Waals surface area contributed by atoms with Gasteiger partial charge in [-0.15, -0.1) is 5.92 Å². The van der Waals surface area contributed by atoms with E-state index in [9.17, 15) is 15.0 Å². The van der Waals surface area contributed by atoms with Crippen LogP contribution in [0, 0.1) is 29.6 Å². The van der Waals surface area contributed by atoms with Gasteiger partial charge in [0, 0.05) is 18.8 Å². The van der Waals surface area contributed by atoms with Gasteiger partial charge in [-0.3, -0.25) is 0 Å². The second kappa shape index (κ2) is 12.9. The van der Waals surface area contributed by atoms with Crippen molar-refractivity contribution in [2.24, 2.45) is 5.92 Å². The minimum Gasteiger partial charge on any atom is -0.388 e. The standard InChI is InChI=1S/C19H26O3/c1-16(2)10-8-14-18(21)12-6-4-5-7-13-19(22)15-9-11-17(3)20/h4-6,12,16,18-19,21-22H,9,11,14-15H2,1-3H3/b5-4+,12-6+/t18-,19+/m0/s1. The Morgan fingerprint density at radius 2 is 1.91 bits per heavy atom. The van der Waals surface area contributed by atoms with E-state index in [2.05, 4.69) is 23.7 Å². The lowest BCUT2D eigenvalue weighted by molar-refractivity contribution is -0.117. The third kappa shape index (κ3) is 14.6. The van der Waals surface area contributed by atoms with Crippen LogP contribution in [-0.2, 0) is 4.79 Å². The summed E-state index contributed by atoms with van der Waals surface area (Å²) in [5.41, 5.74) is 0. The van der Waals surface area contributed by atoms with Crippen molar-refractivity contribution < 1.29 is 15.0 Å². The van der Waals surface area contributed by atoms with Gasteiger partial charge in [0.2, 0.25) is 0 Å². The van der Waals surface area contributed by atoms with Crippen LogP contribution in [0.4, 0.5) is 0 Å². The Labute approximate surface area is 134 Å². The topological polar surface area (TPSA) is 57.5 Å². The molecule has 0 radical (unpaired) electrons. The smallest absolute Gasteiger partial charge is 0.129 e. The molecule has 0 rings (SSSR count). The van der Waals surface area contributed by atoms with Crippen LogP contribution in [0.1, 0.15) is 46.5 Å². The fraction of sp³-hybridized carbons (Fsp3) is 0.526. The minimum absolute atomic E-state index is 0.127. The molecule has 0 heterocycles. The zero-order valence-electron chi connectivity index (χ0n) is 13.7. The van der Waals surface area contributed by atoms with Gasteiger partial charge < -0.3 is 15.0 Å². The average molecular weight is 302 g/mol. The Morgan fingerprint density at radius 1 is 1.18 bits per heavy atom. The Kier molecular flexibility index (Phi) is 11.8. The van der Waals surface area contributed by atoms with Gasteiger partial charge in [0.05, 0.1) is 6.10 Å². The summed E-state index contributed by atoms with van der Waals surface area (Å²) >= 11 is 0. The fourth-order valence-electron chi connectivity index (χ4n) is 1.49. The summed E-state index contributed by atoms with van der Waals surface area (Å²) in [7, 11) is 0. The molecule has 0 aromatic carbocycles. The van der Waals surface area contributed by atoms with Crippen LogP contribution in [0.25, 0.3) is 0 Å². The number of rotatable bonds is 7. The zero-order valence-corrected chi connectivity index (χ0v) is 13.7. The molecule has 0 spiro atoms. The molecule has 0 saturated heterocycles. The van der Waals surface area contributed by atoms with Gasteiger partial charge in [-0.2, -0.15) is 0 Å². The van der Waals surface area contributed by atoms with Crippen molar-refractivity contribution in [3.8, 4) is 23.7 Å². The molecule has 3 nitrogen and oxygen atoms in total. The van der Waals surface area contributed by atoms with Gasteiger partial charge in [-0.25, -0.2) is 0 Å². The third-order valence-corrected chi connectivity index (χ3v) is 2.58. The van der Waals surface area contributed by atoms with Crippen molar-refractivity contribution >= 4 is 5.78 Å². The fourth-order valence-corrected chi connectivity index (χ4v) is 1.49. The highest BCUT2D eigenvalue weighted by Crippen LogP contribution is 2.00. The summed E-state index contributed by atoms with van der Waals surface area (Å²) in [5.74, 6) is 11.8. The molecule has 0 saturated carbocycles. The number of carbonyl (C=O) groups is 1. The molecule has 0 aromatic heterocycles. The highest BCUT2D eigenvalue weighted by Gasteiger charge is 1.99. The largest absolute Gasteiger partial charge is 0.388 e. The molecule has 2 atom stereocenters. The molecule has 0 aliphatic heterocycles. The van der Waals surface area contributed by atoms with E-state index in [4.69, 9.17) is 0 Å². The van der Waals surface area contributed by atoms with Crippen LogP contribution in [-0.4, -0.2) is 28.2 Å². The van der Waals surface area contributed by atoms with Crippen LogP contribution in [0.15, 0.2) is 24.3 Å². The molecule has 0 aromatic rings. The van der Waals surface area contributed by atoms with Crippen LogP contribution < -0.4 is 0 Å². The van der Waals surface area contributed by atoms with Crippen molar-refractivity contribution in [1.82, 2.24) is 0 Å². The average Bonchev–Trinajstić information content (AvgIpc) is 2.41. The quantitative estimate of drug-likeness (QED) is 0.561. The molecule has 0 bridgehead atoms. The molecule has 3 heteroatoms. The molecule has 0 amide bonds. The Balaban J connectivity index is 3.99. The number of allylic oxidation sites excluding steroid dienone is 3. The van der Waals surface area contributed by atoms with Gasteiger partial charge in [0.15, 0.2) is 0 Å². The molecular formula is C19H26O3. The summed E-state index contributed by atoms with van der Waals surface area (Å²) in [6, 6.07) is 0. The number of ketones is 1. The van der Waals surface area contributed by atoms with Crippen molar-refractivity contribution in [3.63, 3.8) is 0 Å². The summed E-state index contributed by atoms with van der Waals surface area (Å²) in [6.45, 7) is 5.55. The zero-order chi connectivity index (χ0) is 16.8. The number of Topliss-reactive ketones (excluding diaryl/α,β-unsaturated/α-hetero) is 1. The number of aliphatic hydroxyl groups excluding tert-OH is 2. The Morgan fingerprint density at radius 3 is 2.55 bits per heavy atom. The third-order valence-electron chi connectivity index (χ3n) is 2.58. The maximum absolute atomic E-state index is 10.7. The maximum Gasteiger partial charge on any atom is 0.129 e. The molecular weight excluding hydrogens is 276 g/mol. The van der Waals surface area contributed by atoms with E-state index in [0.29, 0.717) is 31.6 Å². The second-order valence-corrected chi connectivity index (χ2v) is 5.39. The van der Waals surface area contributed by atoms with Crippen LogP contribution in [0.3, 0.4) is 0 Å². The lowest BCUT2D eigenvalue weighted by Crippen LogP contribution is -2.03. The first-order valence-corrected chi connectivity index (χ1v) is 7.60. The minimum atomic E-state index is -0.704. The van der Waals surface area contributed by atoms with Gasteiger partial charge in [-0.1, -0.05) is 49.8 Å². The second-order valence-electron chi connectivity index (χ2n) is 5.39. The van der Waals surface area contributed by atoms with Crippen molar-refractivity contribution in [1.29, 1.82) is 0 Å². The van der Waals surface area contributed by atoms with Gasteiger partial charge in [0.1, 0.15) is 11.9 Å². The van der Waals surface area contributed by atoms with Crippen LogP contribution >= 0.6 is 0 Å². The first-order chi connectivity index (χ1) is 10.4. The van der Waals surface area contributed by atoms with Crippen molar-refractivity contribution in [2.45, 2.75) is 58.7 Å². The normalized spacial score (nSPS) is 13.5. The number of aliphatic hydroxyl groups is 2. The molecule has 2 N–H and O–H groups in total. The number of hydrogen-bond donors (Lipinski definition) is 2. The summed E-state index contributed by atoms with van der Waals surface area (Å²) in [5, 5.41) is 19.2. The van der Waals surface area contributed by atoms with E-state index >= 15 is 0 Å². The molecule has 120 valence electrons. The van der Waals surface area contributed by atoms with Crippen molar-refractivity contribution in [3.05, 3.63) is 24.3 Å². The lowest BCUT2D eigenvalue weighted by Gasteiger charge is -2.00. The van der Waals surface area contributed by atoms with Crippen LogP contribution in [0.5, 0.6) is 0 Å². The van der Waals surface area contributed by atoms with Crippen LogP contribution in [0.2, 0.25) is 0 Å². The van der Waals surface area contributed by atoms with Crippen molar-refractivity contribution in [2.75, 3.05) is 0 Å². The molecule has 0 aliphatic carbocycles. The van der Waals surface area contributed by atoms with Gasteiger partial charge >= 0.3 is 0 Å². The predicted molar refractivity (Wildman–Crippen MR) is 89.8 cm³/mol. The Bertz CT molecular complexity index is 492. The van der Waals surface area contributed by atoms with E-state index in [1.165, 1.54) is 6.92 Å². The number of hydrogen-bond acceptors (Lipinski definition) is 3. The summed E-state index contributed by atoms with van der Waals surface area (Å²) < 4.78 is 0. The summed E-state index contributed by atoms with van der Waals surface area (Å²) in [6.07, 6.45) is 7.44. The highest BCUT2D eigenvalue weighted by atomic mass is 16.3. The number of carbonyl (C=O) groups excluding carboxylic acids is 1. The van der Waals surface area contributed by atoms with E-state index in [1.807, 2.05) is 13.8 Å².